The molecule has 1 amide bonds. The van der Waals surface area contributed by atoms with Crippen molar-refractivity contribution in [3.05, 3.63) is 42.0 Å². The van der Waals surface area contributed by atoms with Crippen molar-refractivity contribution in [2.24, 2.45) is 0 Å². The average Bonchev–Trinajstić information content (AvgIpc) is 2.30. The van der Waals surface area contributed by atoms with Crippen LogP contribution in [-0.4, -0.2) is 18.5 Å². The van der Waals surface area contributed by atoms with E-state index in [9.17, 15) is 9.59 Å². The zero-order valence-corrected chi connectivity index (χ0v) is 9.90. The number of hydrogen-bond donors (Lipinski definition) is 1. The number of carbonyl (C=O) groups is 2. The van der Waals surface area contributed by atoms with Crippen LogP contribution >= 0.6 is 0 Å². The summed E-state index contributed by atoms with van der Waals surface area (Å²) >= 11 is 0. The monoisotopic (exact) mass is 233 g/mol. The number of anilines is 1. The van der Waals surface area contributed by atoms with Gasteiger partial charge in [-0.05, 0) is 25.5 Å². The third-order valence-electron chi connectivity index (χ3n) is 2.07. The van der Waals surface area contributed by atoms with Crippen molar-refractivity contribution in [2.75, 3.05) is 11.9 Å². The first kappa shape index (κ1) is 13.0. The lowest BCUT2D eigenvalue weighted by Crippen LogP contribution is -2.20. The first-order chi connectivity index (χ1) is 8.13. The molecule has 0 aliphatic heterocycles. The summed E-state index contributed by atoms with van der Waals surface area (Å²) in [6.07, 6.45) is 2.82. The van der Waals surface area contributed by atoms with Gasteiger partial charge in [0.2, 0.25) is 0 Å². The number of rotatable bonds is 4. The minimum atomic E-state index is -0.521. The molecule has 0 unspecified atom stereocenters. The summed E-state index contributed by atoms with van der Waals surface area (Å²) in [6.45, 7) is 3.31. The third kappa shape index (κ3) is 4.51. The van der Waals surface area contributed by atoms with Gasteiger partial charge in [-0.2, -0.15) is 0 Å². The lowest BCUT2D eigenvalue weighted by atomic mass is 10.2. The van der Waals surface area contributed by atoms with Gasteiger partial charge in [-0.3, -0.25) is 4.79 Å². The number of ether oxygens (including phenoxy) is 1. The Morgan fingerprint density at radius 1 is 1.35 bits per heavy atom. The number of allylic oxidation sites excluding steroid dienone is 1. The van der Waals surface area contributed by atoms with E-state index in [0.717, 1.165) is 11.3 Å². The van der Waals surface area contributed by atoms with Crippen molar-refractivity contribution in [1.29, 1.82) is 0 Å². The molecule has 0 heterocycles. The van der Waals surface area contributed by atoms with Crippen molar-refractivity contribution < 1.29 is 14.3 Å². The molecule has 1 aromatic rings. The van der Waals surface area contributed by atoms with Crippen LogP contribution in [0.4, 0.5) is 5.69 Å². The van der Waals surface area contributed by atoms with E-state index in [1.807, 2.05) is 25.1 Å². The highest BCUT2D eigenvalue weighted by molar-refractivity contribution is 5.94. The molecule has 0 aliphatic rings. The van der Waals surface area contributed by atoms with Crippen molar-refractivity contribution >= 4 is 17.6 Å². The highest BCUT2D eigenvalue weighted by atomic mass is 16.5. The number of nitrogens with one attached hydrogen (secondary N) is 1. The molecular weight excluding hydrogens is 218 g/mol. The van der Waals surface area contributed by atoms with Crippen LogP contribution < -0.4 is 5.32 Å². The van der Waals surface area contributed by atoms with E-state index in [1.54, 1.807) is 19.1 Å². The Kier molecular flexibility index (Phi) is 4.94. The Balaban J connectivity index is 2.45. The lowest BCUT2D eigenvalue weighted by Gasteiger charge is -2.07. The van der Waals surface area contributed by atoms with Gasteiger partial charge in [-0.15, -0.1) is 0 Å². The maximum atomic E-state index is 11.5. The molecule has 0 spiro atoms. The molecule has 4 heteroatoms. The van der Waals surface area contributed by atoms with E-state index >= 15 is 0 Å². The predicted molar refractivity (Wildman–Crippen MR) is 65.6 cm³/mol. The van der Waals surface area contributed by atoms with Crippen LogP contribution in [0.15, 0.2) is 36.4 Å². The quantitative estimate of drug-likeness (QED) is 0.639. The van der Waals surface area contributed by atoms with Crippen LogP contribution in [-0.2, 0) is 14.3 Å². The van der Waals surface area contributed by atoms with Crippen LogP contribution in [0.5, 0.6) is 0 Å². The molecule has 0 saturated carbocycles. The van der Waals surface area contributed by atoms with Crippen LogP contribution in [0, 0.1) is 6.92 Å². The van der Waals surface area contributed by atoms with E-state index in [0.29, 0.717) is 0 Å². The van der Waals surface area contributed by atoms with Crippen LogP contribution in [0.25, 0.3) is 0 Å². The Bertz CT molecular complexity index is 438. The van der Waals surface area contributed by atoms with Crippen molar-refractivity contribution in [3.8, 4) is 0 Å². The smallest absolute Gasteiger partial charge is 0.330 e. The predicted octanol–water partition coefficient (Wildman–Crippen LogP) is 2.05. The van der Waals surface area contributed by atoms with Crippen molar-refractivity contribution in [1.82, 2.24) is 0 Å². The van der Waals surface area contributed by atoms with E-state index in [-0.39, 0.29) is 12.5 Å². The molecular formula is C13H15NO3. The standard InChI is InChI=1S/C13H15NO3/c1-3-6-13(16)17-9-12(15)14-11-8-5-4-7-10(11)2/h3-8H,9H2,1-2H3,(H,14,15)/b6-3+. The summed E-state index contributed by atoms with van der Waals surface area (Å²) in [5.41, 5.74) is 1.68. The molecule has 0 aliphatic carbocycles. The first-order valence-electron chi connectivity index (χ1n) is 5.28. The molecule has 1 aromatic carbocycles. The van der Waals surface area contributed by atoms with Gasteiger partial charge in [0.05, 0.1) is 0 Å². The Hall–Kier alpha value is -2.10. The zero-order valence-electron chi connectivity index (χ0n) is 9.90. The highest BCUT2D eigenvalue weighted by Gasteiger charge is 2.06. The number of esters is 1. The summed E-state index contributed by atoms with van der Waals surface area (Å²) in [7, 11) is 0. The fraction of sp³-hybridized carbons (Fsp3) is 0.231. The van der Waals surface area contributed by atoms with Gasteiger partial charge in [0.15, 0.2) is 6.61 Å². The largest absolute Gasteiger partial charge is 0.452 e. The number of benzene rings is 1. The van der Waals surface area contributed by atoms with Gasteiger partial charge >= 0.3 is 5.97 Å². The fourth-order valence-electron chi connectivity index (χ4n) is 1.22. The van der Waals surface area contributed by atoms with Gasteiger partial charge in [-0.25, -0.2) is 4.79 Å². The van der Waals surface area contributed by atoms with Crippen LogP contribution in [0.2, 0.25) is 0 Å². The van der Waals surface area contributed by atoms with Crippen LogP contribution in [0.3, 0.4) is 0 Å². The summed E-state index contributed by atoms with van der Waals surface area (Å²) < 4.78 is 4.72. The molecule has 0 bridgehead atoms. The molecule has 0 aromatic heterocycles. The lowest BCUT2D eigenvalue weighted by molar-refractivity contribution is -0.142. The number of aryl methyl sites for hydroxylation is 1. The number of amides is 1. The second kappa shape index (κ2) is 6.48. The Morgan fingerprint density at radius 3 is 2.71 bits per heavy atom. The van der Waals surface area contributed by atoms with Crippen LogP contribution in [0.1, 0.15) is 12.5 Å². The second-order valence-corrected chi connectivity index (χ2v) is 3.47. The SMILES string of the molecule is C/C=C/C(=O)OCC(=O)Nc1ccccc1C. The van der Waals surface area contributed by atoms with Gasteiger partial charge in [-0.1, -0.05) is 24.3 Å². The Labute approximate surface area is 100 Å². The van der Waals surface area contributed by atoms with Crippen molar-refractivity contribution in [3.63, 3.8) is 0 Å². The van der Waals surface area contributed by atoms with Gasteiger partial charge in [0.1, 0.15) is 0 Å². The number of carbonyl (C=O) groups excluding carboxylic acids is 2. The highest BCUT2D eigenvalue weighted by Crippen LogP contribution is 2.12. The number of hydrogen-bond acceptors (Lipinski definition) is 3. The zero-order chi connectivity index (χ0) is 12.7. The summed E-state index contributed by atoms with van der Waals surface area (Å²) in [6, 6.07) is 7.40. The first-order valence-corrected chi connectivity index (χ1v) is 5.28. The van der Waals surface area contributed by atoms with Gasteiger partial charge < -0.3 is 10.1 Å². The molecule has 0 radical (unpaired) electrons. The second-order valence-electron chi connectivity index (χ2n) is 3.47. The van der Waals surface area contributed by atoms with E-state index in [4.69, 9.17) is 4.74 Å². The molecule has 4 nitrogen and oxygen atoms in total. The summed E-state index contributed by atoms with van der Waals surface area (Å²) in [4.78, 5) is 22.4. The molecule has 0 fully saturated rings. The van der Waals surface area contributed by atoms with Gasteiger partial charge in [0.25, 0.3) is 5.91 Å². The maximum absolute atomic E-state index is 11.5. The fourth-order valence-corrected chi connectivity index (χ4v) is 1.22. The molecule has 90 valence electrons. The van der Waals surface area contributed by atoms with Gasteiger partial charge in [0, 0.05) is 11.8 Å². The van der Waals surface area contributed by atoms with E-state index < -0.39 is 5.97 Å². The molecule has 0 saturated heterocycles. The number of para-hydroxylation sites is 1. The summed E-state index contributed by atoms with van der Waals surface area (Å²) in [5, 5.41) is 2.67. The topological polar surface area (TPSA) is 55.4 Å². The minimum absolute atomic E-state index is 0.280. The normalized spacial score (nSPS) is 10.2. The molecule has 1 N–H and O–H groups in total. The van der Waals surface area contributed by atoms with E-state index in [2.05, 4.69) is 5.32 Å². The molecule has 17 heavy (non-hydrogen) atoms. The average molecular weight is 233 g/mol. The molecule has 1 rings (SSSR count). The van der Waals surface area contributed by atoms with E-state index in [1.165, 1.54) is 6.08 Å². The summed E-state index contributed by atoms with van der Waals surface area (Å²) in [5.74, 6) is -0.871. The third-order valence-corrected chi connectivity index (χ3v) is 2.07. The molecule has 0 atom stereocenters. The maximum Gasteiger partial charge on any atom is 0.330 e. The minimum Gasteiger partial charge on any atom is -0.452 e. The Morgan fingerprint density at radius 2 is 2.06 bits per heavy atom. The van der Waals surface area contributed by atoms with Crippen molar-refractivity contribution in [2.45, 2.75) is 13.8 Å².